The molecule has 5 heteroatoms. The number of aryl methyl sites for hydroxylation is 1. The van der Waals surface area contributed by atoms with Crippen molar-refractivity contribution in [2.75, 3.05) is 18.2 Å². The molecule has 0 bridgehead atoms. The summed E-state index contributed by atoms with van der Waals surface area (Å²) in [5.41, 5.74) is 8.09. The number of benzene rings is 1. The zero-order valence-electron chi connectivity index (χ0n) is 10.8. The Labute approximate surface area is 111 Å². The number of amides is 1. The van der Waals surface area contributed by atoms with E-state index in [9.17, 15) is 4.79 Å². The van der Waals surface area contributed by atoms with E-state index in [1.165, 1.54) is 7.11 Å². The third-order valence-corrected chi connectivity index (χ3v) is 2.74. The average molecular weight is 257 g/mol. The van der Waals surface area contributed by atoms with Crippen LogP contribution in [0.15, 0.2) is 36.5 Å². The van der Waals surface area contributed by atoms with Crippen LogP contribution < -0.4 is 15.8 Å². The van der Waals surface area contributed by atoms with Crippen LogP contribution in [0.1, 0.15) is 16.1 Å². The van der Waals surface area contributed by atoms with Crippen molar-refractivity contribution in [1.82, 2.24) is 4.98 Å². The summed E-state index contributed by atoms with van der Waals surface area (Å²) in [6.45, 7) is 1.79. The summed E-state index contributed by atoms with van der Waals surface area (Å²) in [7, 11) is 1.53. The normalized spacial score (nSPS) is 10.0. The van der Waals surface area contributed by atoms with E-state index >= 15 is 0 Å². The van der Waals surface area contributed by atoms with Gasteiger partial charge in [0.1, 0.15) is 5.75 Å². The van der Waals surface area contributed by atoms with Crippen LogP contribution in [0.2, 0.25) is 0 Å². The van der Waals surface area contributed by atoms with Gasteiger partial charge in [-0.1, -0.05) is 0 Å². The van der Waals surface area contributed by atoms with Crippen LogP contribution in [0, 0.1) is 6.92 Å². The van der Waals surface area contributed by atoms with Crippen molar-refractivity contribution in [1.29, 1.82) is 0 Å². The molecule has 1 amide bonds. The summed E-state index contributed by atoms with van der Waals surface area (Å²) in [5.74, 6) is 0.318. The third-order valence-electron chi connectivity index (χ3n) is 2.74. The number of hydrogen-bond donors (Lipinski definition) is 2. The van der Waals surface area contributed by atoms with Crippen molar-refractivity contribution in [2.45, 2.75) is 6.92 Å². The number of anilines is 2. The maximum atomic E-state index is 12.1. The molecule has 0 atom stereocenters. The second-order valence-corrected chi connectivity index (χ2v) is 4.05. The van der Waals surface area contributed by atoms with Gasteiger partial charge >= 0.3 is 0 Å². The fourth-order valence-corrected chi connectivity index (χ4v) is 1.71. The van der Waals surface area contributed by atoms with Crippen molar-refractivity contribution in [3.63, 3.8) is 0 Å². The molecule has 0 radical (unpaired) electrons. The Morgan fingerprint density at radius 3 is 2.84 bits per heavy atom. The first-order valence-corrected chi connectivity index (χ1v) is 5.78. The number of nitrogens with two attached hydrogens (primary N) is 1. The molecule has 0 saturated carbocycles. The molecule has 0 aliphatic heterocycles. The highest BCUT2D eigenvalue weighted by atomic mass is 16.5. The number of carbonyl (C=O) groups is 1. The first-order chi connectivity index (χ1) is 9.11. The quantitative estimate of drug-likeness (QED) is 0.827. The van der Waals surface area contributed by atoms with E-state index in [2.05, 4.69) is 10.3 Å². The van der Waals surface area contributed by atoms with Crippen LogP contribution in [0.5, 0.6) is 5.75 Å². The van der Waals surface area contributed by atoms with Crippen molar-refractivity contribution in [2.24, 2.45) is 0 Å². The highest BCUT2D eigenvalue weighted by Gasteiger charge is 2.10. The number of nitrogens with zero attached hydrogens (tertiary/aromatic N) is 1. The van der Waals surface area contributed by atoms with Crippen LogP contribution in [0.25, 0.3) is 0 Å². The van der Waals surface area contributed by atoms with Gasteiger partial charge in [-0.25, -0.2) is 0 Å². The molecule has 3 N–H and O–H groups in total. The Morgan fingerprint density at radius 2 is 2.16 bits per heavy atom. The monoisotopic (exact) mass is 257 g/mol. The van der Waals surface area contributed by atoms with Crippen molar-refractivity contribution >= 4 is 17.3 Å². The molecule has 1 aromatic heterocycles. The molecule has 1 aromatic carbocycles. The van der Waals surface area contributed by atoms with Crippen LogP contribution in [-0.2, 0) is 0 Å². The standard InChI is InChI=1S/C14H15N3O2/c1-9-11(4-3-7-16-9)14(18)17-10-5-6-12(15)13(8-10)19-2/h3-8H,15H2,1-2H3,(H,17,18). The minimum absolute atomic E-state index is 0.211. The smallest absolute Gasteiger partial charge is 0.257 e. The second-order valence-electron chi connectivity index (χ2n) is 4.05. The molecule has 1 heterocycles. The molecule has 98 valence electrons. The van der Waals surface area contributed by atoms with Crippen LogP contribution >= 0.6 is 0 Å². The lowest BCUT2D eigenvalue weighted by Gasteiger charge is -2.09. The molecule has 0 unspecified atom stereocenters. The van der Waals surface area contributed by atoms with Gasteiger partial charge in [-0.2, -0.15) is 0 Å². The van der Waals surface area contributed by atoms with Crippen molar-refractivity contribution < 1.29 is 9.53 Å². The fraction of sp³-hybridized carbons (Fsp3) is 0.143. The number of carbonyl (C=O) groups excluding carboxylic acids is 1. The molecule has 5 nitrogen and oxygen atoms in total. The summed E-state index contributed by atoms with van der Waals surface area (Å²) in [6, 6.07) is 8.54. The highest BCUT2D eigenvalue weighted by molar-refractivity contribution is 6.05. The molecule has 0 spiro atoms. The summed E-state index contributed by atoms with van der Waals surface area (Å²) in [6.07, 6.45) is 1.65. The van der Waals surface area contributed by atoms with Crippen molar-refractivity contribution in [3.8, 4) is 5.75 Å². The number of methoxy groups -OCH3 is 1. The SMILES string of the molecule is COc1cc(NC(=O)c2cccnc2C)ccc1N. The van der Waals surface area contributed by atoms with Gasteiger partial charge in [0, 0.05) is 23.6 Å². The Morgan fingerprint density at radius 1 is 1.37 bits per heavy atom. The van der Waals surface area contributed by atoms with E-state index in [1.54, 1.807) is 43.5 Å². The topological polar surface area (TPSA) is 77.2 Å². The molecule has 2 rings (SSSR count). The van der Waals surface area contributed by atoms with Gasteiger partial charge in [-0.15, -0.1) is 0 Å². The summed E-state index contributed by atoms with van der Waals surface area (Å²) < 4.78 is 5.11. The van der Waals surface area contributed by atoms with Gasteiger partial charge in [-0.05, 0) is 31.2 Å². The van der Waals surface area contributed by atoms with E-state index < -0.39 is 0 Å². The average Bonchev–Trinajstić information content (AvgIpc) is 2.41. The molecule has 0 aliphatic rings. The van der Waals surface area contributed by atoms with E-state index in [4.69, 9.17) is 10.5 Å². The molecular weight excluding hydrogens is 242 g/mol. The van der Waals surface area contributed by atoms with Gasteiger partial charge in [-0.3, -0.25) is 9.78 Å². The lowest BCUT2D eigenvalue weighted by molar-refractivity contribution is 0.102. The third kappa shape index (κ3) is 2.82. The van der Waals surface area contributed by atoms with Gasteiger partial charge in [0.05, 0.1) is 18.4 Å². The summed E-state index contributed by atoms with van der Waals surface area (Å²) in [5, 5.41) is 2.79. The largest absolute Gasteiger partial charge is 0.495 e. The molecule has 19 heavy (non-hydrogen) atoms. The second kappa shape index (κ2) is 5.39. The molecule has 0 saturated heterocycles. The minimum Gasteiger partial charge on any atom is -0.495 e. The summed E-state index contributed by atoms with van der Waals surface area (Å²) >= 11 is 0. The number of nitrogen functional groups attached to an aromatic ring is 1. The lowest BCUT2D eigenvalue weighted by atomic mass is 10.2. The number of aromatic nitrogens is 1. The maximum absolute atomic E-state index is 12.1. The number of pyridine rings is 1. The van der Waals surface area contributed by atoms with Crippen LogP contribution in [0.3, 0.4) is 0 Å². The molecular formula is C14H15N3O2. The van der Waals surface area contributed by atoms with E-state index in [0.29, 0.717) is 28.4 Å². The minimum atomic E-state index is -0.211. The number of rotatable bonds is 3. The van der Waals surface area contributed by atoms with Gasteiger partial charge < -0.3 is 15.8 Å². The Kier molecular flexibility index (Phi) is 3.66. The molecule has 2 aromatic rings. The summed E-state index contributed by atoms with van der Waals surface area (Å²) in [4.78, 5) is 16.2. The van der Waals surface area contributed by atoms with E-state index in [0.717, 1.165) is 0 Å². The molecule has 0 aliphatic carbocycles. The Bertz CT molecular complexity index is 611. The Balaban J connectivity index is 2.22. The van der Waals surface area contributed by atoms with Gasteiger partial charge in [0.25, 0.3) is 5.91 Å². The first kappa shape index (κ1) is 12.9. The fourth-order valence-electron chi connectivity index (χ4n) is 1.71. The lowest BCUT2D eigenvalue weighted by Crippen LogP contribution is -2.14. The van der Waals surface area contributed by atoms with Gasteiger partial charge in [0.15, 0.2) is 0 Å². The van der Waals surface area contributed by atoms with Crippen molar-refractivity contribution in [3.05, 3.63) is 47.8 Å². The van der Waals surface area contributed by atoms with E-state index in [-0.39, 0.29) is 5.91 Å². The number of ether oxygens (including phenoxy) is 1. The highest BCUT2D eigenvalue weighted by Crippen LogP contribution is 2.25. The first-order valence-electron chi connectivity index (χ1n) is 5.78. The predicted molar refractivity (Wildman–Crippen MR) is 74.3 cm³/mol. The van der Waals surface area contributed by atoms with E-state index in [1.807, 2.05) is 0 Å². The molecule has 0 fully saturated rings. The number of hydrogen-bond acceptors (Lipinski definition) is 4. The predicted octanol–water partition coefficient (Wildman–Crippen LogP) is 2.23. The van der Waals surface area contributed by atoms with Crippen LogP contribution in [0.4, 0.5) is 11.4 Å². The maximum Gasteiger partial charge on any atom is 0.257 e. The van der Waals surface area contributed by atoms with Crippen LogP contribution in [-0.4, -0.2) is 18.0 Å². The Hall–Kier alpha value is -2.56. The number of nitrogens with one attached hydrogen (secondary N) is 1. The zero-order valence-corrected chi connectivity index (χ0v) is 10.8. The van der Waals surface area contributed by atoms with Gasteiger partial charge in [0.2, 0.25) is 0 Å². The zero-order chi connectivity index (χ0) is 13.8.